The zero-order valence-corrected chi connectivity index (χ0v) is 20.1. The predicted molar refractivity (Wildman–Crippen MR) is 123 cm³/mol. The highest BCUT2D eigenvalue weighted by atomic mass is 79.9. The third kappa shape index (κ3) is 4.76. The maximum atomic E-state index is 13.9. The second kappa shape index (κ2) is 9.52. The van der Waals surface area contributed by atoms with Crippen LogP contribution >= 0.6 is 15.9 Å². The normalized spacial score (nSPS) is 21.4. The second-order valence-corrected chi connectivity index (χ2v) is 9.84. The number of fused-ring (bicyclic) bond motifs is 1. The molecule has 1 saturated carbocycles. The third-order valence-electron chi connectivity index (χ3n) is 6.75. The van der Waals surface area contributed by atoms with Crippen LogP contribution in [0, 0.1) is 11.8 Å². The maximum Gasteiger partial charge on any atom is 0.413 e. The molecule has 9 heteroatoms. The molecule has 0 saturated heterocycles. The van der Waals surface area contributed by atoms with Gasteiger partial charge in [-0.1, -0.05) is 40.2 Å². The van der Waals surface area contributed by atoms with Crippen LogP contribution < -0.4 is 0 Å². The van der Waals surface area contributed by atoms with E-state index in [1.54, 1.807) is 24.3 Å². The minimum absolute atomic E-state index is 0.00543. The molecule has 0 N–H and O–H groups in total. The van der Waals surface area contributed by atoms with Gasteiger partial charge in [-0.2, -0.15) is 13.2 Å². The Morgan fingerprint density at radius 3 is 2.03 bits per heavy atom. The number of carbonyl (C=O) groups excluding carboxylic acids is 3. The van der Waals surface area contributed by atoms with Crippen LogP contribution in [0.3, 0.4) is 0 Å². The Kier molecular flexibility index (Phi) is 6.85. The Morgan fingerprint density at radius 1 is 1.00 bits per heavy atom. The average Bonchev–Trinajstić information content (AvgIpc) is 3.04. The highest BCUT2D eigenvalue weighted by Crippen LogP contribution is 2.40. The number of imide groups is 1. The fourth-order valence-electron chi connectivity index (χ4n) is 4.95. The molecule has 2 aromatic carbocycles. The van der Waals surface area contributed by atoms with E-state index in [0.717, 1.165) is 4.90 Å². The Labute approximate surface area is 204 Å². The number of hydrogen-bond acceptors (Lipinski definition) is 3. The minimum atomic E-state index is -4.61. The highest BCUT2D eigenvalue weighted by molar-refractivity contribution is 9.10. The van der Waals surface area contributed by atoms with Crippen LogP contribution in [0.4, 0.5) is 13.2 Å². The van der Waals surface area contributed by atoms with Crippen molar-refractivity contribution >= 4 is 33.7 Å². The Balaban J connectivity index is 1.39. The minimum Gasteiger partial charge on any atom is -0.330 e. The molecule has 1 heterocycles. The monoisotopic (exact) mass is 536 g/mol. The van der Waals surface area contributed by atoms with Crippen molar-refractivity contribution in [3.05, 3.63) is 69.7 Å². The van der Waals surface area contributed by atoms with Gasteiger partial charge in [-0.3, -0.25) is 19.3 Å². The van der Waals surface area contributed by atoms with Gasteiger partial charge >= 0.3 is 6.18 Å². The molecular weight excluding hydrogens is 513 g/mol. The van der Waals surface area contributed by atoms with Crippen molar-refractivity contribution in [3.63, 3.8) is 0 Å². The lowest BCUT2D eigenvalue weighted by Crippen LogP contribution is -2.44. The lowest BCUT2D eigenvalue weighted by Gasteiger charge is -2.36. The highest BCUT2D eigenvalue weighted by Gasteiger charge is 2.46. The number of nitrogens with zero attached hydrogens (tertiary/aromatic N) is 2. The first-order valence-electron chi connectivity index (χ1n) is 11.1. The van der Waals surface area contributed by atoms with E-state index in [1.807, 2.05) is 0 Å². The van der Waals surface area contributed by atoms with Crippen molar-refractivity contribution in [3.8, 4) is 0 Å². The van der Waals surface area contributed by atoms with Gasteiger partial charge in [-0.25, -0.2) is 0 Å². The molecular formula is C25H24BrF3N2O3. The number of carbonyl (C=O) groups is 3. The topological polar surface area (TPSA) is 57.7 Å². The van der Waals surface area contributed by atoms with Gasteiger partial charge in [0.25, 0.3) is 11.8 Å². The van der Waals surface area contributed by atoms with E-state index < -0.39 is 24.0 Å². The van der Waals surface area contributed by atoms with Gasteiger partial charge in [0.15, 0.2) is 6.04 Å². The van der Waals surface area contributed by atoms with Gasteiger partial charge in [0.1, 0.15) is 0 Å². The number of rotatable bonds is 5. The van der Waals surface area contributed by atoms with Crippen molar-refractivity contribution < 1.29 is 27.6 Å². The first-order valence-corrected chi connectivity index (χ1v) is 11.9. The molecule has 3 amide bonds. The lowest BCUT2D eigenvalue weighted by molar-refractivity contribution is -0.191. The van der Waals surface area contributed by atoms with Crippen LogP contribution in [0.5, 0.6) is 0 Å². The van der Waals surface area contributed by atoms with E-state index in [4.69, 9.17) is 0 Å². The van der Waals surface area contributed by atoms with E-state index in [9.17, 15) is 27.6 Å². The van der Waals surface area contributed by atoms with Crippen molar-refractivity contribution in [1.29, 1.82) is 0 Å². The fraction of sp³-hybridized carbons (Fsp3) is 0.400. The van der Waals surface area contributed by atoms with Gasteiger partial charge in [-0.05, 0) is 61.4 Å². The number of alkyl halides is 3. The number of halogens is 4. The van der Waals surface area contributed by atoms with Crippen molar-refractivity contribution in [2.75, 3.05) is 13.6 Å². The summed E-state index contributed by atoms with van der Waals surface area (Å²) in [6.07, 6.45) is -2.65. The van der Waals surface area contributed by atoms with Gasteiger partial charge in [0, 0.05) is 24.0 Å². The molecule has 180 valence electrons. The zero-order valence-electron chi connectivity index (χ0n) is 18.5. The molecule has 2 aliphatic rings. The molecule has 0 bridgehead atoms. The molecule has 0 radical (unpaired) electrons. The van der Waals surface area contributed by atoms with Crippen LogP contribution in [0.25, 0.3) is 0 Å². The molecule has 1 atom stereocenters. The van der Waals surface area contributed by atoms with Gasteiger partial charge < -0.3 is 4.90 Å². The van der Waals surface area contributed by atoms with Gasteiger partial charge in [-0.15, -0.1) is 0 Å². The summed E-state index contributed by atoms with van der Waals surface area (Å²) in [5, 5.41) is 0. The predicted octanol–water partition coefficient (Wildman–Crippen LogP) is 5.61. The number of hydrogen-bond donors (Lipinski definition) is 0. The summed E-state index contributed by atoms with van der Waals surface area (Å²) in [5.41, 5.74) is 0.791. The Morgan fingerprint density at radius 2 is 1.53 bits per heavy atom. The first-order chi connectivity index (χ1) is 16.1. The molecule has 2 aromatic rings. The van der Waals surface area contributed by atoms with Crippen LogP contribution in [0.15, 0.2) is 53.0 Å². The summed E-state index contributed by atoms with van der Waals surface area (Å²) in [6, 6.07) is 10.4. The lowest BCUT2D eigenvalue weighted by atomic mass is 9.81. The van der Waals surface area contributed by atoms with Crippen LogP contribution in [0.1, 0.15) is 58.0 Å². The van der Waals surface area contributed by atoms with Gasteiger partial charge in [0.05, 0.1) is 11.1 Å². The average molecular weight is 537 g/mol. The summed E-state index contributed by atoms with van der Waals surface area (Å²) in [4.78, 5) is 40.3. The Bertz CT molecular complexity index is 1060. The van der Waals surface area contributed by atoms with E-state index in [1.165, 1.54) is 36.2 Å². The molecule has 1 fully saturated rings. The summed E-state index contributed by atoms with van der Waals surface area (Å²) >= 11 is 3.22. The molecule has 5 nitrogen and oxygen atoms in total. The van der Waals surface area contributed by atoms with Crippen LogP contribution in [-0.2, 0) is 4.79 Å². The molecule has 0 unspecified atom stereocenters. The molecule has 0 spiro atoms. The van der Waals surface area contributed by atoms with E-state index in [0.29, 0.717) is 41.3 Å². The molecule has 1 aliphatic carbocycles. The van der Waals surface area contributed by atoms with Crippen LogP contribution in [-0.4, -0.2) is 47.3 Å². The molecule has 34 heavy (non-hydrogen) atoms. The first kappa shape index (κ1) is 24.4. The van der Waals surface area contributed by atoms with Gasteiger partial charge in [0.2, 0.25) is 5.91 Å². The molecule has 1 aliphatic heterocycles. The third-order valence-corrected chi connectivity index (χ3v) is 7.27. The largest absolute Gasteiger partial charge is 0.413 e. The molecule has 4 rings (SSSR count). The second-order valence-electron chi connectivity index (χ2n) is 8.93. The Hall–Kier alpha value is -2.68. The number of benzene rings is 2. The quantitative estimate of drug-likeness (QED) is 0.466. The number of amides is 3. The van der Waals surface area contributed by atoms with E-state index in [-0.39, 0.29) is 29.8 Å². The standard InChI is InChI=1S/C25H24BrF3N2O3/c1-30(21(25(27,28)29)16-10-12-18(26)13-11-16)22(32)17-8-6-15(7-9-17)14-31-23(33)19-4-2-3-5-20(19)24(31)34/h2-5,10-13,15,17,21H,6-9,14H2,1H3/t15?,17?,21-/m0/s1. The summed E-state index contributed by atoms with van der Waals surface area (Å²) in [5.74, 6) is -1.68. The molecule has 0 aromatic heterocycles. The summed E-state index contributed by atoms with van der Waals surface area (Å²) in [7, 11) is 1.20. The smallest absolute Gasteiger partial charge is 0.330 e. The fourth-order valence-corrected chi connectivity index (χ4v) is 5.21. The van der Waals surface area contributed by atoms with E-state index >= 15 is 0 Å². The van der Waals surface area contributed by atoms with Crippen molar-refractivity contribution in [2.45, 2.75) is 37.9 Å². The zero-order chi connectivity index (χ0) is 24.6. The van der Waals surface area contributed by atoms with E-state index in [2.05, 4.69) is 15.9 Å². The van der Waals surface area contributed by atoms with Crippen LogP contribution in [0.2, 0.25) is 0 Å². The SMILES string of the molecule is CN(C(=O)C1CCC(CN2C(=O)c3ccccc3C2=O)CC1)[C@@H](c1ccc(Br)cc1)C(F)(F)F. The van der Waals surface area contributed by atoms with Crippen molar-refractivity contribution in [1.82, 2.24) is 9.80 Å². The maximum absolute atomic E-state index is 13.9. The summed E-state index contributed by atoms with van der Waals surface area (Å²) in [6.45, 7) is 0.257. The summed E-state index contributed by atoms with van der Waals surface area (Å²) < 4.78 is 42.3. The van der Waals surface area contributed by atoms with Crippen molar-refractivity contribution in [2.24, 2.45) is 11.8 Å².